The molecule has 1 aromatic carbocycles. The summed E-state index contributed by atoms with van der Waals surface area (Å²) in [7, 11) is 0. The largest absolute Gasteiger partial charge is 0.387 e. The van der Waals surface area contributed by atoms with Crippen molar-refractivity contribution in [2.24, 2.45) is 5.92 Å². The first-order valence-electron chi connectivity index (χ1n) is 12.0. The van der Waals surface area contributed by atoms with Crippen molar-refractivity contribution in [3.8, 4) is 11.3 Å². The lowest BCUT2D eigenvalue weighted by atomic mass is 10.0. The lowest BCUT2D eigenvalue weighted by Gasteiger charge is -2.17. The zero-order chi connectivity index (χ0) is 25.4. The van der Waals surface area contributed by atoms with E-state index in [1.165, 1.54) is 6.33 Å². The number of hydrogen-bond acceptors (Lipinski definition) is 9. The molecule has 36 heavy (non-hydrogen) atoms. The third-order valence-corrected chi connectivity index (χ3v) is 7.56. The fourth-order valence-electron chi connectivity index (χ4n) is 4.72. The minimum Gasteiger partial charge on any atom is -0.387 e. The number of benzene rings is 1. The van der Waals surface area contributed by atoms with Crippen molar-refractivity contribution in [1.29, 1.82) is 0 Å². The normalized spacial score (nSPS) is 22.2. The molecular formula is C26H31N5O4S. The molecule has 4 aromatic rings. The van der Waals surface area contributed by atoms with Gasteiger partial charge in [-0.25, -0.2) is 9.97 Å². The summed E-state index contributed by atoms with van der Waals surface area (Å²) in [6.45, 7) is 6.18. The second kappa shape index (κ2) is 10.2. The molecule has 10 heteroatoms. The van der Waals surface area contributed by atoms with E-state index in [1.54, 1.807) is 16.3 Å². The van der Waals surface area contributed by atoms with Crippen LogP contribution in [0.25, 0.3) is 22.4 Å². The van der Waals surface area contributed by atoms with Crippen LogP contribution in [0.4, 0.5) is 5.82 Å². The number of ether oxygens (including phenoxy) is 1. The highest BCUT2D eigenvalue weighted by Gasteiger charge is 2.44. The first-order chi connectivity index (χ1) is 17.3. The summed E-state index contributed by atoms with van der Waals surface area (Å²) in [5.41, 5.74) is 10.6. The molecule has 1 aliphatic heterocycles. The second-order valence-electron chi connectivity index (χ2n) is 9.62. The van der Waals surface area contributed by atoms with E-state index in [0.717, 1.165) is 40.0 Å². The summed E-state index contributed by atoms with van der Waals surface area (Å²) >= 11 is 1.60. The predicted octanol–water partition coefficient (Wildman–Crippen LogP) is 3.73. The molecule has 0 unspecified atom stereocenters. The Bertz CT molecular complexity index is 1340. The molecule has 0 bridgehead atoms. The molecule has 4 heterocycles. The van der Waals surface area contributed by atoms with E-state index < -0.39 is 24.5 Å². The van der Waals surface area contributed by atoms with Crippen molar-refractivity contribution in [1.82, 2.24) is 19.7 Å². The highest BCUT2D eigenvalue weighted by atomic mass is 32.2. The van der Waals surface area contributed by atoms with Gasteiger partial charge in [0.2, 0.25) is 0 Å². The lowest BCUT2D eigenvalue weighted by molar-refractivity contribution is -0.0286. The molecule has 9 nitrogen and oxygen atoms in total. The van der Waals surface area contributed by atoms with Gasteiger partial charge in [-0.1, -0.05) is 49.3 Å². The van der Waals surface area contributed by atoms with E-state index in [9.17, 15) is 10.2 Å². The quantitative estimate of drug-likeness (QED) is 0.325. The Balaban J connectivity index is 1.32. The van der Waals surface area contributed by atoms with Crippen molar-refractivity contribution in [3.63, 3.8) is 0 Å². The van der Waals surface area contributed by atoms with Crippen LogP contribution in [0.2, 0.25) is 0 Å². The van der Waals surface area contributed by atoms with Gasteiger partial charge in [0.25, 0.3) is 0 Å². The number of hydrogen-bond donors (Lipinski definition) is 3. The van der Waals surface area contributed by atoms with E-state index in [2.05, 4.69) is 29.0 Å². The Morgan fingerprint density at radius 1 is 1.14 bits per heavy atom. The van der Waals surface area contributed by atoms with E-state index >= 15 is 0 Å². The SMILES string of the molecule is Cc1noc(-c2ccccc2)c1CSC[C@H]1O[C@@H](n2cc(CC(C)C)c3c(N)ncnc32)[C@H](O)[C@@H]1O. The fourth-order valence-corrected chi connectivity index (χ4v) is 5.89. The van der Waals surface area contributed by atoms with Gasteiger partial charge in [-0.05, 0) is 24.8 Å². The van der Waals surface area contributed by atoms with Gasteiger partial charge in [0, 0.05) is 28.8 Å². The lowest BCUT2D eigenvalue weighted by Crippen LogP contribution is -2.32. The van der Waals surface area contributed by atoms with Gasteiger partial charge in [0.05, 0.1) is 17.2 Å². The van der Waals surface area contributed by atoms with Crippen molar-refractivity contribution in [2.45, 2.75) is 57.5 Å². The minimum absolute atomic E-state index is 0.396. The van der Waals surface area contributed by atoms with E-state index in [1.807, 2.05) is 43.5 Å². The summed E-state index contributed by atoms with van der Waals surface area (Å²) in [6.07, 6.45) is 0.633. The van der Waals surface area contributed by atoms with Crippen molar-refractivity contribution in [3.05, 3.63) is 59.7 Å². The van der Waals surface area contributed by atoms with Gasteiger partial charge in [0.15, 0.2) is 12.0 Å². The third kappa shape index (κ3) is 4.61. The molecule has 4 atom stereocenters. The van der Waals surface area contributed by atoms with Gasteiger partial charge in [-0.3, -0.25) is 0 Å². The van der Waals surface area contributed by atoms with Crippen LogP contribution in [0.15, 0.2) is 47.4 Å². The Hall–Kier alpha value is -2.92. The molecule has 0 amide bonds. The summed E-state index contributed by atoms with van der Waals surface area (Å²) in [6, 6.07) is 9.87. The highest BCUT2D eigenvalue weighted by Crippen LogP contribution is 2.37. The zero-order valence-electron chi connectivity index (χ0n) is 20.5. The van der Waals surface area contributed by atoms with Crippen molar-refractivity contribution in [2.75, 3.05) is 11.5 Å². The Morgan fingerprint density at radius 3 is 2.67 bits per heavy atom. The molecule has 5 rings (SSSR count). The van der Waals surface area contributed by atoms with E-state index in [-0.39, 0.29) is 0 Å². The third-order valence-electron chi connectivity index (χ3n) is 6.51. The summed E-state index contributed by atoms with van der Waals surface area (Å²) in [4.78, 5) is 8.57. The minimum atomic E-state index is -1.11. The number of anilines is 1. The highest BCUT2D eigenvalue weighted by molar-refractivity contribution is 7.98. The number of aliphatic hydroxyl groups is 2. The van der Waals surface area contributed by atoms with Crippen LogP contribution < -0.4 is 5.73 Å². The molecule has 1 saturated heterocycles. The van der Waals surface area contributed by atoms with Crippen molar-refractivity contribution >= 4 is 28.6 Å². The van der Waals surface area contributed by atoms with Gasteiger partial charge in [-0.2, -0.15) is 11.8 Å². The Labute approximate surface area is 213 Å². The molecule has 3 aromatic heterocycles. The molecule has 1 aliphatic rings. The molecule has 4 N–H and O–H groups in total. The van der Waals surface area contributed by atoms with Crippen LogP contribution in [0.1, 0.15) is 36.9 Å². The Morgan fingerprint density at radius 2 is 1.92 bits per heavy atom. The number of aliphatic hydroxyl groups excluding tert-OH is 2. The monoisotopic (exact) mass is 509 g/mol. The maximum absolute atomic E-state index is 10.9. The molecule has 0 radical (unpaired) electrons. The zero-order valence-corrected chi connectivity index (χ0v) is 21.4. The number of nitrogens with two attached hydrogens (primary N) is 1. The first kappa shape index (κ1) is 24.8. The summed E-state index contributed by atoms with van der Waals surface area (Å²) in [5.74, 6) is 2.67. The molecule has 1 fully saturated rings. The number of aryl methyl sites for hydroxylation is 1. The first-order valence-corrected chi connectivity index (χ1v) is 13.2. The maximum atomic E-state index is 10.9. The fraction of sp³-hybridized carbons (Fsp3) is 0.423. The average molecular weight is 510 g/mol. The van der Waals surface area contributed by atoms with Gasteiger partial charge < -0.3 is 29.8 Å². The van der Waals surface area contributed by atoms with E-state index in [4.69, 9.17) is 15.0 Å². The summed E-state index contributed by atoms with van der Waals surface area (Å²) < 4.78 is 13.6. The molecular weight excluding hydrogens is 478 g/mol. The van der Waals surface area contributed by atoms with Gasteiger partial charge in [0.1, 0.15) is 30.0 Å². The number of thioether (sulfide) groups is 1. The standard InChI is InChI=1S/C26H31N5O4S/c1-14(2)9-17-10-31(25-20(17)24(27)28-13-29-25)26-22(33)21(32)19(34-26)12-36-11-18-15(3)30-35-23(18)16-7-5-4-6-8-16/h4-8,10,13-14,19,21-22,26,32-33H,9,11-12H2,1-3H3,(H2,27,28,29)/t19-,21-,22-,26-/m1/s1. The molecule has 190 valence electrons. The molecule has 0 saturated carbocycles. The van der Waals surface area contributed by atoms with Crippen LogP contribution in [-0.2, 0) is 16.9 Å². The van der Waals surface area contributed by atoms with Crippen LogP contribution >= 0.6 is 11.8 Å². The Kier molecular flexibility index (Phi) is 7.03. The average Bonchev–Trinajstić information content (AvgIpc) is 3.50. The number of aromatic nitrogens is 4. The van der Waals surface area contributed by atoms with Crippen LogP contribution in [-0.4, -0.2) is 54.0 Å². The van der Waals surface area contributed by atoms with E-state index in [0.29, 0.717) is 28.9 Å². The van der Waals surface area contributed by atoms with Crippen LogP contribution in [0.5, 0.6) is 0 Å². The second-order valence-corrected chi connectivity index (χ2v) is 10.7. The number of rotatable bonds is 8. The summed E-state index contributed by atoms with van der Waals surface area (Å²) in [5, 5.41) is 26.7. The number of fused-ring (bicyclic) bond motifs is 1. The smallest absolute Gasteiger partial charge is 0.171 e. The maximum Gasteiger partial charge on any atom is 0.171 e. The number of nitrogen functional groups attached to an aromatic ring is 1. The van der Waals surface area contributed by atoms with Crippen LogP contribution in [0, 0.1) is 12.8 Å². The van der Waals surface area contributed by atoms with Crippen LogP contribution in [0.3, 0.4) is 0 Å². The number of nitrogens with zero attached hydrogens (tertiary/aromatic N) is 4. The topological polar surface area (TPSA) is 132 Å². The molecule has 0 spiro atoms. The predicted molar refractivity (Wildman–Crippen MR) is 139 cm³/mol. The van der Waals surface area contributed by atoms with Gasteiger partial charge >= 0.3 is 0 Å². The molecule has 0 aliphatic carbocycles. The van der Waals surface area contributed by atoms with Crippen molar-refractivity contribution < 1.29 is 19.5 Å². The van der Waals surface area contributed by atoms with Gasteiger partial charge in [-0.15, -0.1) is 0 Å².